The molecule has 1 amide bonds. The van der Waals surface area contributed by atoms with Gasteiger partial charge < -0.3 is 25.5 Å². The predicted molar refractivity (Wildman–Crippen MR) is 127 cm³/mol. The van der Waals surface area contributed by atoms with E-state index in [0.717, 1.165) is 25.0 Å². The molecule has 2 saturated carbocycles. The van der Waals surface area contributed by atoms with Crippen molar-refractivity contribution in [1.29, 1.82) is 0 Å². The number of sulfone groups is 1. The van der Waals surface area contributed by atoms with E-state index >= 15 is 4.39 Å². The molecular formula is C25H30FN3O5S. The topological polar surface area (TPSA) is 124 Å². The smallest absolute Gasteiger partial charge is 0.253 e. The first-order valence-electron chi connectivity index (χ1n) is 12.3. The zero-order valence-electron chi connectivity index (χ0n) is 19.5. The Kier molecular flexibility index (Phi) is 5.28. The van der Waals surface area contributed by atoms with Gasteiger partial charge in [0.2, 0.25) is 0 Å². The summed E-state index contributed by atoms with van der Waals surface area (Å²) in [6.45, 7) is 0.460. The van der Waals surface area contributed by atoms with Gasteiger partial charge in [-0.3, -0.25) is 4.79 Å². The second-order valence-corrected chi connectivity index (χ2v) is 12.6. The molecule has 188 valence electrons. The SMILES string of the molecule is NC(=O)c1c(F)cc(-n2c3c(c4c2CC2(CCC2)CS4(=O)=O)COC3)cc1N[C@H]1CC[C@H](O)CC1. The third-order valence-corrected chi connectivity index (χ3v) is 10.4. The Bertz CT molecular complexity index is 1320. The van der Waals surface area contributed by atoms with E-state index in [1.54, 1.807) is 6.07 Å². The number of carbonyl (C=O) groups is 1. The van der Waals surface area contributed by atoms with Crippen LogP contribution in [0.15, 0.2) is 17.0 Å². The number of aromatic nitrogens is 1. The van der Waals surface area contributed by atoms with Crippen molar-refractivity contribution < 1.29 is 27.4 Å². The molecule has 2 fully saturated rings. The highest BCUT2D eigenvalue weighted by molar-refractivity contribution is 7.91. The van der Waals surface area contributed by atoms with Crippen molar-refractivity contribution in [3.63, 3.8) is 0 Å². The fourth-order valence-corrected chi connectivity index (χ4v) is 8.91. The molecule has 1 spiro atoms. The highest BCUT2D eigenvalue weighted by Crippen LogP contribution is 2.52. The molecular weight excluding hydrogens is 473 g/mol. The number of carbonyl (C=O) groups excluding carboxylic acids is 1. The normalized spacial score (nSPS) is 26.1. The molecule has 2 aliphatic carbocycles. The van der Waals surface area contributed by atoms with E-state index in [0.29, 0.717) is 59.6 Å². The summed E-state index contributed by atoms with van der Waals surface area (Å²) in [5.74, 6) is -1.47. The summed E-state index contributed by atoms with van der Waals surface area (Å²) in [7, 11) is -3.50. The van der Waals surface area contributed by atoms with Gasteiger partial charge in [0.05, 0.1) is 52.6 Å². The van der Waals surface area contributed by atoms with Gasteiger partial charge in [0, 0.05) is 17.3 Å². The standard InChI is InChI=1S/C25H30FN3O5S/c26-18-8-15(9-19(22(18)24(27)31)28-14-2-4-16(30)5-3-14)29-20-10-25(6-1-7-25)13-35(32,33)23(20)17-11-34-12-21(17)29/h8-9,14,16,28,30H,1-7,10-13H2,(H2,27,31)/t14-,16-. The number of hydrogen-bond acceptors (Lipinski definition) is 6. The zero-order chi connectivity index (χ0) is 24.5. The van der Waals surface area contributed by atoms with Crippen molar-refractivity contribution in [2.24, 2.45) is 11.1 Å². The number of nitrogens with two attached hydrogens (primary N) is 1. The number of fused-ring (bicyclic) bond motifs is 3. The van der Waals surface area contributed by atoms with Crippen molar-refractivity contribution in [2.45, 2.75) is 81.6 Å². The van der Waals surface area contributed by atoms with Gasteiger partial charge in [-0.25, -0.2) is 12.8 Å². The first-order chi connectivity index (χ1) is 16.7. The second kappa shape index (κ2) is 8.04. The molecule has 1 aromatic carbocycles. The van der Waals surface area contributed by atoms with Gasteiger partial charge in [-0.15, -0.1) is 0 Å². The van der Waals surface area contributed by atoms with Crippen LogP contribution in [0.3, 0.4) is 0 Å². The minimum absolute atomic E-state index is 0.0302. The maximum Gasteiger partial charge on any atom is 0.253 e. The van der Waals surface area contributed by atoms with Crippen LogP contribution in [-0.2, 0) is 34.2 Å². The molecule has 0 saturated heterocycles. The van der Waals surface area contributed by atoms with Crippen molar-refractivity contribution in [2.75, 3.05) is 11.1 Å². The lowest BCUT2D eigenvalue weighted by atomic mass is 9.67. The molecule has 2 aromatic rings. The third-order valence-electron chi connectivity index (χ3n) is 8.31. The molecule has 0 atom stereocenters. The minimum atomic E-state index is -3.50. The summed E-state index contributed by atoms with van der Waals surface area (Å²) in [4.78, 5) is 12.5. The Morgan fingerprint density at radius 2 is 1.91 bits per heavy atom. The number of benzene rings is 1. The molecule has 10 heteroatoms. The van der Waals surface area contributed by atoms with Gasteiger partial charge in [0.15, 0.2) is 9.84 Å². The number of aliphatic hydroxyl groups is 1. The van der Waals surface area contributed by atoms with E-state index in [-0.39, 0.29) is 42.1 Å². The molecule has 4 N–H and O–H groups in total. The van der Waals surface area contributed by atoms with Gasteiger partial charge in [-0.1, -0.05) is 6.42 Å². The fourth-order valence-electron chi connectivity index (χ4n) is 6.50. The largest absolute Gasteiger partial charge is 0.393 e. The number of nitrogens with one attached hydrogen (secondary N) is 1. The van der Waals surface area contributed by atoms with Gasteiger partial charge in [0.1, 0.15) is 5.82 Å². The van der Waals surface area contributed by atoms with Gasteiger partial charge >= 0.3 is 0 Å². The van der Waals surface area contributed by atoms with Crippen LogP contribution >= 0.6 is 0 Å². The predicted octanol–water partition coefficient (Wildman–Crippen LogP) is 2.96. The second-order valence-electron chi connectivity index (χ2n) is 10.7. The molecule has 2 aliphatic heterocycles. The first kappa shape index (κ1) is 23.0. The molecule has 1 aromatic heterocycles. The summed E-state index contributed by atoms with van der Waals surface area (Å²) in [6.07, 6.45) is 5.66. The number of hydrogen-bond donors (Lipinski definition) is 3. The highest BCUT2D eigenvalue weighted by Gasteiger charge is 2.49. The number of halogens is 1. The van der Waals surface area contributed by atoms with E-state index in [2.05, 4.69) is 5.32 Å². The summed E-state index contributed by atoms with van der Waals surface area (Å²) in [5, 5.41) is 13.1. The summed E-state index contributed by atoms with van der Waals surface area (Å²) in [6, 6.07) is 2.93. The Morgan fingerprint density at radius 1 is 1.17 bits per heavy atom. The van der Waals surface area contributed by atoms with Gasteiger partial charge in [0.25, 0.3) is 5.91 Å². The van der Waals surface area contributed by atoms with Crippen LogP contribution in [0.1, 0.15) is 72.3 Å². The number of ether oxygens (including phenoxy) is 1. The van der Waals surface area contributed by atoms with Crippen LogP contribution in [0.2, 0.25) is 0 Å². The maximum atomic E-state index is 15.4. The van der Waals surface area contributed by atoms with E-state index in [9.17, 15) is 18.3 Å². The van der Waals surface area contributed by atoms with Gasteiger partial charge in [-0.05, 0) is 62.5 Å². The molecule has 3 heterocycles. The van der Waals surface area contributed by atoms with E-state index in [1.807, 2.05) is 4.57 Å². The minimum Gasteiger partial charge on any atom is -0.393 e. The Hall–Kier alpha value is -2.43. The number of amides is 1. The molecule has 8 nitrogen and oxygen atoms in total. The quantitative estimate of drug-likeness (QED) is 0.589. The third kappa shape index (κ3) is 3.68. The Labute approximate surface area is 203 Å². The summed E-state index contributed by atoms with van der Waals surface area (Å²) < 4.78 is 49.7. The summed E-state index contributed by atoms with van der Waals surface area (Å²) in [5.41, 5.74) is 7.92. The van der Waals surface area contributed by atoms with E-state index in [1.165, 1.54) is 6.07 Å². The van der Waals surface area contributed by atoms with Crippen LogP contribution in [0.5, 0.6) is 0 Å². The fraction of sp³-hybridized carbons (Fsp3) is 0.560. The maximum absolute atomic E-state index is 15.4. The molecule has 6 rings (SSSR count). The van der Waals surface area contributed by atoms with Gasteiger partial charge in [-0.2, -0.15) is 0 Å². The number of primary amides is 1. The number of anilines is 1. The lowest BCUT2D eigenvalue weighted by Gasteiger charge is -2.44. The molecule has 0 bridgehead atoms. The van der Waals surface area contributed by atoms with Crippen molar-refractivity contribution in [3.05, 3.63) is 40.5 Å². The average molecular weight is 504 g/mol. The Morgan fingerprint density at radius 3 is 2.57 bits per heavy atom. The lowest BCUT2D eigenvalue weighted by Crippen LogP contribution is -2.43. The van der Waals surface area contributed by atoms with E-state index in [4.69, 9.17) is 10.5 Å². The van der Waals surface area contributed by atoms with Crippen LogP contribution in [-0.4, -0.2) is 41.9 Å². The molecule has 35 heavy (non-hydrogen) atoms. The first-order valence-corrected chi connectivity index (χ1v) is 14.0. The van der Waals surface area contributed by atoms with Crippen LogP contribution < -0.4 is 11.1 Å². The highest BCUT2D eigenvalue weighted by atomic mass is 32.2. The summed E-state index contributed by atoms with van der Waals surface area (Å²) >= 11 is 0. The number of aliphatic hydroxyl groups excluding tert-OH is 1. The van der Waals surface area contributed by atoms with E-state index < -0.39 is 21.6 Å². The van der Waals surface area contributed by atoms with Crippen LogP contribution in [0, 0.1) is 11.2 Å². The van der Waals surface area contributed by atoms with Crippen molar-refractivity contribution >= 4 is 21.4 Å². The number of nitrogens with zero attached hydrogens (tertiary/aromatic N) is 1. The molecule has 0 unspecified atom stereocenters. The van der Waals surface area contributed by atoms with Crippen LogP contribution in [0.4, 0.5) is 10.1 Å². The average Bonchev–Trinajstić information content (AvgIpc) is 3.33. The lowest BCUT2D eigenvalue weighted by molar-refractivity contribution is 0.0996. The monoisotopic (exact) mass is 503 g/mol. The zero-order valence-corrected chi connectivity index (χ0v) is 20.3. The van der Waals surface area contributed by atoms with Crippen molar-refractivity contribution in [3.8, 4) is 5.69 Å². The Balaban J connectivity index is 1.50. The van der Waals surface area contributed by atoms with Crippen LogP contribution in [0.25, 0.3) is 5.69 Å². The molecule has 0 radical (unpaired) electrons. The van der Waals surface area contributed by atoms with Crippen molar-refractivity contribution in [1.82, 2.24) is 4.57 Å². The number of rotatable bonds is 4. The molecule has 4 aliphatic rings.